The number of thiazole rings is 1. The third-order valence-corrected chi connectivity index (χ3v) is 9.03. The minimum atomic E-state index is -0.648. The summed E-state index contributed by atoms with van der Waals surface area (Å²) in [6.07, 6.45) is 4.03. The number of imide groups is 1. The van der Waals surface area contributed by atoms with Gasteiger partial charge in [0.1, 0.15) is 35.0 Å². The van der Waals surface area contributed by atoms with Crippen molar-refractivity contribution in [1.82, 2.24) is 25.2 Å². The molecular weight excluding hydrogens is 623 g/mol. The van der Waals surface area contributed by atoms with Crippen LogP contribution in [0.15, 0.2) is 73.1 Å². The molecule has 3 amide bonds. The van der Waals surface area contributed by atoms with E-state index in [0.717, 1.165) is 37.6 Å². The van der Waals surface area contributed by atoms with Gasteiger partial charge in [-0.1, -0.05) is 0 Å². The van der Waals surface area contributed by atoms with Gasteiger partial charge in [0.15, 0.2) is 0 Å². The molecule has 2 aliphatic heterocycles. The quantitative estimate of drug-likeness (QED) is 0.152. The molecule has 1 unspecified atom stereocenters. The Balaban J connectivity index is 0.851. The van der Waals surface area contributed by atoms with Gasteiger partial charge in [-0.25, -0.2) is 14.4 Å². The van der Waals surface area contributed by atoms with Crippen molar-refractivity contribution in [2.24, 2.45) is 0 Å². The summed E-state index contributed by atoms with van der Waals surface area (Å²) in [6, 6.07) is 16.9. The van der Waals surface area contributed by atoms with Gasteiger partial charge < -0.3 is 19.7 Å². The summed E-state index contributed by atoms with van der Waals surface area (Å²) in [4.78, 5) is 51.7. The number of halogens is 1. The Bertz CT molecular complexity index is 1980. The predicted molar refractivity (Wildman–Crippen MR) is 173 cm³/mol. The molecule has 5 aromatic rings. The molecule has 7 rings (SSSR count). The van der Waals surface area contributed by atoms with Crippen LogP contribution in [-0.2, 0) is 20.9 Å². The van der Waals surface area contributed by atoms with Gasteiger partial charge in [0.05, 0.1) is 29.1 Å². The van der Waals surface area contributed by atoms with E-state index in [1.54, 1.807) is 30.6 Å². The number of nitrogens with one attached hydrogen (secondary N) is 2. The Labute approximate surface area is 272 Å². The van der Waals surface area contributed by atoms with Crippen molar-refractivity contribution in [3.8, 4) is 27.6 Å². The van der Waals surface area contributed by atoms with Crippen molar-refractivity contribution in [2.75, 3.05) is 31.7 Å². The summed E-state index contributed by atoms with van der Waals surface area (Å²) in [7, 11) is 0. The first-order valence-corrected chi connectivity index (χ1v) is 15.9. The maximum Gasteiger partial charge on any atom is 0.255 e. The van der Waals surface area contributed by atoms with Crippen LogP contribution in [0.4, 0.5) is 10.2 Å². The monoisotopic (exact) mass is 652 g/mol. The molecule has 1 fully saturated rings. The van der Waals surface area contributed by atoms with E-state index in [1.807, 2.05) is 30.3 Å². The van der Waals surface area contributed by atoms with Gasteiger partial charge in [-0.2, -0.15) is 0 Å². The second-order valence-corrected chi connectivity index (χ2v) is 12.1. The number of ether oxygens (including phenoxy) is 2. The van der Waals surface area contributed by atoms with Gasteiger partial charge >= 0.3 is 0 Å². The number of aromatic nitrogens is 3. The van der Waals surface area contributed by atoms with Crippen LogP contribution >= 0.6 is 11.3 Å². The molecule has 0 radical (unpaired) electrons. The number of amides is 3. The number of fused-ring (bicyclic) bond motifs is 2. The Morgan fingerprint density at radius 1 is 0.979 bits per heavy atom. The van der Waals surface area contributed by atoms with E-state index in [9.17, 15) is 18.8 Å². The van der Waals surface area contributed by atoms with E-state index in [2.05, 4.69) is 25.6 Å². The first kappa shape index (κ1) is 30.4. The summed E-state index contributed by atoms with van der Waals surface area (Å²) in [5.74, 6) is 0.0697. The second kappa shape index (κ2) is 13.2. The molecule has 2 aliphatic rings. The number of anilines is 1. The highest BCUT2D eigenvalue weighted by Crippen LogP contribution is 2.32. The molecule has 0 saturated carbocycles. The van der Waals surface area contributed by atoms with Gasteiger partial charge in [0.2, 0.25) is 11.8 Å². The summed E-state index contributed by atoms with van der Waals surface area (Å²) >= 11 is 1.43. The molecule has 0 spiro atoms. The third kappa shape index (κ3) is 6.67. The minimum Gasteiger partial charge on any atom is -0.491 e. The molecule has 0 aliphatic carbocycles. The molecular formula is C34H29FN6O5S. The highest BCUT2D eigenvalue weighted by Gasteiger charge is 2.39. The molecule has 13 heteroatoms. The fraction of sp³-hybridized carbons (Fsp3) is 0.235. The fourth-order valence-electron chi connectivity index (χ4n) is 5.61. The van der Waals surface area contributed by atoms with Crippen molar-refractivity contribution < 1.29 is 28.2 Å². The SMILES string of the molecule is O=C1CCC(N2Cc3cc(OCCOCCNc4cc(-c5ccc(-c6nc7ccc(F)cc7s6)cn5)ccn4)ccc3C2=O)C(=O)N1. The van der Waals surface area contributed by atoms with Crippen LogP contribution in [0.25, 0.3) is 32.0 Å². The number of carbonyl (C=O) groups is 3. The fourth-order valence-corrected chi connectivity index (χ4v) is 6.59. The molecule has 11 nitrogen and oxygen atoms in total. The molecule has 3 aromatic heterocycles. The van der Waals surface area contributed by atoms with Crippen molar-refractivity contribution >= 4 is 45.1 Å². The first-order valence-electron chi connectivity index (χ1n) is 15.1. The van der Waals surface area contributed by atoms with Gasteiger partial charge in [-0.3, -0.25) is 24.7 Å². The highest BCUT2D eigenvalue weighted by molar-refractivity contribution is 7.21. The number of benzene rings is 2. The zero-order chi connectivity index (χ0) is 32.3. The molecule has 1 saturated heterocycles. The van der Waals surface area contributed by atoms with Crippen molar-refractivity contribution in [3.05, 3.63) is 90.0 Å². The van der Waals surface area contributed by atoms with Gasteiger partial charge in [-0.15, -0.1) is 11.3 Å². The summed E-state index contributed by atoms with van der Waals surface area (Å²) in [6.45, 7) is 1.97. The zero-order valence-corrected chi connectivity index (χ0v) is 25.9. The Kier molecular flexibility index (Phi) is 8.55. The predicted octanol–water partition coefficient (Wildman–Crippen LogP) is 4.83. The van der Waals surface area contributed by atoms with Crippen LogP contribution in [-0.4, -0.2) is 70.0 Å². The molecule has 5 heterocycles. The molecule has 0 bridgehead atoms. The Morgan fingerprint density at radius 2 is 1.89 bits per heavy atom. The maximum absolute atomic E-state index is 13.6. The molecule has 2 N–H and O–H groups in total. The van der Waals surface area contributed by atoms with Crippen molar-refractivity contribution in [1.29, 1.82) is 0 Å². The number of hydrogen-bond donors (Lipinski definition) is 2. The van der Waals surface area contributed by atoms with Gasteiger partial charge in [0.25, 0.3) is 5.91 Å². The summed E-state index contributed by atoms with van der Waals surface area (Å²) in [5.41, 5.74) is 4.65. The van der Waals surface area contributed by atoms with E-state index in [1.165, 1.54) is 28.4 Å². The average Bonchev–Trinajstić information content (AvgIpc) is 3.64. The number of pyridine rings is 2. The number of rotatable bonds is 11. The lowest BCUT2D eigenvalue weighted by atomic mass is 10.0. The maximum atomic E-state index is 13.6. The van der Waals surface area contributed by atoms with Crippen LogP contribution < -0.4 is 15.4 Å². The van der Waals surface area contributed by atoms with Crippen LogP contribution in [0.2, 0.25) is 0 Å². The standard InChI is InChI=1S/C34H29FN6O5S/c35-23-2-6-27-29(17-23)47-33(39-27)21-1-5-26(38-18-21)20-9-10-36-30(16-20)37-11-12-45-13-14-46-24-3-4-25-22(15-24)19-41(34(25)44)28-7-8-31(42)40-32(28)43/h1-6,9-10,15-18,28H,7-8,11-14,19H2,(H,36,37)(H,40,42,43). The van der Waals surface area contributed by atoms with Gasteiger partial charge in [-0.05, 0) is 72.6 Å². The lowest BCUT2D eigenvalue weighted by Crippen LogP contribution is -2.52. The summed E-state index contributed by atoms with van der Waals surface area (Å²) in [5, 5.41) is 6.36. The second-order valence-electron chi connectivity index (χ2n) is 11.1. The van der Waals surface area contributed by atoms with Crippen LogP contribution in [0.1, 0.15) is 28.8 Å². The smallest absolute Gasteiger partial charge is 0.255 e. The molecule has 1 atom stereocenters. The van der Waals surface area contributed by atoms with E-state index in [0.29, 0.717) is 56.5 Å². The normalized spacial score (nSPS) is 16.0. The van der Waals surface area contributed by atoms with Crippen LogP contribution in [0.3, 0.4) is 0 Å². The van der Waals surface area contributed by atoms with E-state index in [-0.39, 0.29) is 24.1 Å². The Hall–Kier alpha value is -5.27. The molecule has 238 valence electrons. The highest BCUT2D eigenvalue weighted by atomic mass is 32.1. The zero-order valence-electron chi connectivity index (χ0n) is 25.1. The third-order valence-electron chi connectivity index (χ3n) is 7.96. The summed E-state index contributed by atoms with van der Waals surface area (Å²) < 4.78 is 25.9. The minimum absolute atomic E-state index is 0.216. The Morgan fingerprint density at radius 3 is 2.74 bits per heavy atom. The number of piperidine rings is 1. The number of carbonyl (C=O) groups excluding carboxylic acids is 3. The van der Waals surface area contributed by atoms with E-state index < -0.39 is 11.9 Å². The number of nitrogens with zero attached hydrogens (tertiary/aromatic N) is 4. The van der Waals surface area contributed by atoms with E-state index in [4.69, 9.17) is 9.47 Å². The van der Waals surface area contributed by atoms with Crippen LogP contribution in [0.5, 0.6) is 5.75 Å². The van der Waals surface area contributed by atoms with E-state index >= 15 is 0 Å². The largest absolute Gasteiger partial charge is 0.491 e. The lowest BCUT2D eigenvalue weighted by molar-refractivity contribution is -0.136. The van der Waals surface area contributed by atoms with Gasteiger partial charge in [0, 0.05) is 48.6 Å². The first-order chi connectivity index (χ1) is 22.9. The average molecular weight is 653 g/mol. The molecule has 2 aromatic carbocycles. The van der Waals surface area contributed by atoms with Crippen molar-refractivity contribution in [2.45, 2.75) is 25.4 Å². The molecule has 47 heavy (non-hydrogen) atoms. The van der Waals surface area contributed by atoms with Crippen molar-refractivity contribution in [3.63, 3.8) is 0 Å². The topological polar surface area (TPSA) is 136 Å². The van der Waals surface area contributed by atoms with Crippen LogP contribution in [0, 0.1) is 5.82 Å². The lowest BCUT2D eigenvalue weighted by Gasteiger charge is -2.29. The number of hydrogen-bond acceptors (Lipinski definition) is 10.